The zero-order valence-corrected chi connectivity index (χ0v) is 20.2. The Kier molecular flexibility index (Phi) is 6.01. The van der Waals surface area contributed by atoms with Gasteiger partial charge in [0.05, 0.1) is 11.6 Å². The van der Waals surface area contributed by atoms with Gasteiger partial charge < -0.3 is 10.6 Å². The molecular weight excluding hydrogens is 499 g/mol. The minimum absolute atomic E-state index is 0.0564. The summed E-state index contributed by atoms with van der Waals surface area (Å²) >= 11 is 7.76. The van der Waals surface area contributed by atoms with Crippen LogP contribution in [0.25, 0.3) is 0 Å². The maximum absolute atomic E-state index is 14.0. The summed E-state index contributed by atoms with van der Waals surface area (Å²) in [5.74, 6) is -0.327. The number of alkyl halides is 3. The van der Waals surface area contributed by atoms with Crippen molar-refractivity contribution in [3.05, 3.63) is 62.6 Å². The van der Waals surface area contributed by atoms with Crippen molar-refractivity contribution in [2.24, 2.45) is 5.92 Å². The minimum Gasteiger partial charge on any atom is -0.362 e. The Bertz CT molecular complexity index is 1330. The molecule has 2 aromatic heterocycles. The molecule has 1 amide bonds. The fourth-order valence-electron chi connectivity index (χ4n) is 4.76. The number of aromatic nitrogens is 2. The number of rotatable bonds is 3. The Hall–Kier alpha value is -3.03. The van der Waals surface area contributed by atoms with Crippen molar-refractivity contribution >= 4 is 39.7 Å². The molecule has 0 unspecified atom stereocenters. The fraction of sp³-hybridized carbons (Fsp3) is 0.375. The highest BCUT2D eigenvalue weighted by molar-refractivity contribution is 7.16. The lowest BCUT2D eigenvalue weighted by Gasteiger charge is -2.33. The standard InChI is InChI=1S/C24H21ClF3N5OS/c1-12-7-8-14-15(11-29)23(35-17(14)9-12)31-22(34)20-19(25)21-30-16(13-5-3-2-4-6-13)10-18(24(26,27)28)33(21)32-20/h2-6,12,16,18,30H,7-10H2,1H3,(H,31,34)/t12-,16+,18-/m0/s1. The van der Waals surface area contributed by atoms with Crippen LogP contribution < -0.4 is 10.6 Å². The number of nitriles is 1. The van der Waals surface area contributed by atoms with Gasteiger partial charge in [0, 0.05) is 11.3 Å². The van der Waals surface area contributed by atoms with E-state index in [9.17, 15) is 23.2 Å². The fourth-order valence-corrected chi connectivity index (χ4v) is 6.38. The van der Waals surface area contributed by atoms with Gasteiger partial charge in [0.25, 0.3) is 5.91 Å². The Morgan fingerprint density at radius 2 is 2.09 bits per heavy atom. The molecule has 0 saturated carbocycles. The highest BCUT2D eigenvalue weighted by atomic mass is 35.5. The second kappa shape index (κ2) is 8.88. The van der Waals surface area contributed by atoms with Gasteiger partial charge >= 0.3 is 6.18 Å². The number of halogens is 4. The maximum atomic E-state index is 14.0. The molecule has 1 aliphatic carbocycles. The van der Waals surface area contributed by atoms with Crippen LogP contribution in [-0.4, -0.2) is 21.9 Å². The highest BCUT2D eigenvalue weighted by Gasteiger charge is 2.48. The van der Waals surface area contributed by atoms with E-state index in [0.29, 0.717) is 22.0 Å². The normalized spacial score (nSPS) is 21.4. The van der Waals surface area contributed by atoms with Gasteiger partial charge in [-0.2, -0.15) is 23.5 Å². The first-order valence-corrected chi connectivity index (χ1v) is 12.4. The van der Waals surface area contributed by atoms with Crippen molar-refractivity contribution in [3.8, 4) is 6.07 Å². The van der Waals surface area contributed by atoms with Crippen LogP contribution >= 0.6 is 22.9 Å². The van der Waals surface area contributed by atoms with E-state index in [-0.39, 0.29) is 23.0 Å². The van der Waals surface area contributed by atoms with Crippen LogP contribution in [0.5, 0.6) is 0 Å². The van der Waals surface area contributed by atoms with E-state index in [1.54, 1.807) is 30.3 Å². The Morgan fingerprint density at radius 3 is 2.77 bits per heavy atom. The van der Waals surface area contributed by atoms with E-state index >= 15 is 0 Å². The summed E-state index contributed by atoms with van der Waals surface area (Å²) in [6.45, 7) is 2.13. The van der Waals surface area contributed by atoms with E-state index in [0.717, 1.165) is 34.4 Å². The number of anilines is 2. The number of fused-ring (bicyclic) bond motifs is 2. The summed E-state index contributed by atoms with van der Waals surface area (Å²) in [6, 6.07) is 8.32. The number of benzene rings is 1. The predicted octanol–water partition coefficient (Wildman–Crippen LogP) is 6.51. The van der Waals surface area contributed by atoms with Crippen LogP contribution in [0.15, 0.2) is 30.3 Å². The molecule has 1 aromatic carbocycles. The predicted molar refractivity (Wildman–Crippen MR) is 128 cm³/mol. The second-order valence-corrected chi connectivity index (χ2v) is 10.5. The number of nitrogens with one attached hydrogen (secondary N) is 2. The molecule has 5 rings (SSSR count). The summed E-state index contributed by atoms with van der Waals surface area (Å²) < 4.78 is 42.7. The van der Waals surface area contributed by atoms with Crippen molar-refractivity contribution < 1.29 is 18.0 Å². The van der Waals surface area contributed by atoms with Gasteiger partial charge in [-0.1, -0.05) is 48.9 Å². The number of amides is 1. The van der Waals surface area contributed by atoms with Crippen molar-refractivity contribution in [3.63, 3.8) is 0 Å². The van der Waals surface area contributed by atoms with E-state index in [4.69, 9.17) is 11.6 Å². The van der Waals surface area contributed by atoms with Crippen LogP contribution in [0.1, 0.15) is 63.9 Å². The van der Waals surface area contributed by atoms with E-state index < -0.39 is 24.2 Å². The van der Waals surface area contributed by atoms with Crippen molar-refractivity contribution in [2.45, 2.75) is 50.9 Å². The molecule has 0 bridgehead atoms. The van der Waals surface area contributed by atoms with Gasteiger partial charge in [0.2, 0.25) is 0 Å². The number of hydrogen-bond donors (Lipinski definition) is 2. The third kappa shape index (κ3) is 4.28. The van der Waals surface area contributed by atoms with E-state index in [1.807, 2.05) is 0 Å². The lowest BCUT2D eigenvalue weighted by Crippen LogP contribution is -2.35. The van der Waals surface area contributed by atoms with Gasteiger partial charge in [-0.15, -0.1) is 11.3 Å². The smallest absolute Gasteiger partial charge is 0.362 e. The van der Waals surface area contributed by atoms with Crippen molar-refractivity contribution in [1.82, 2.24) is 9.78 Å². The minimum atomic E-state index is -4.59. The summed E-state index contributed by atoms with van der Waals surface area (Å²) in [4.78, 5) is 14.2. The number of carbonyl (C=O) groups excluding carboxylic acids is 1. The van der Waals surface area contributed by atoms with Gasteiger partial charge in [-0.05, 0) is 36.3 Å². The molecule has 35 heavy (non-hydrogen) atoms. The second-order valence-electron chi connectivity index (χ2n) is 8.98. The SMILES string of the molecule is C[C@H]1CCc2c(sc(NC(=O)c3nn4c(c3Cl)N[C@@H](c3ccccc3)C[C@H]4C(F)(F)F)c2C#N)C1. The van der Waals surface area contributed by atoms with E-state index in [1.165, 1.54) is 11.3 Å². The molecule has 0 saturated heterocycles. The number of thiophene rings is 1. The number of nitrogens with zero attached hydrogens (tertiary/aromatic N) is 3. The highest BCUT2D eigenvalue weighted by Crippen LogP contribution is 2.46. The van der Waals surface area contributed by atoms with Gasteiger partial charge in [-0.3, -0.25) is 4.79 Å². The summed E-state index contributed by atoms with van der Waals surface area (Å²) in [6.07, 6.45) is -2.36. The van der Waals surface area contributed by atoms with Gasteiger partial charge in [-0.25, -0.2) is 4.68 Å². The molecule has 2 N–H and O–H groups in total. The van der Waals surface area contributed by atoms with Crippen LogP contribution in [0.3, 0.4) is 0 Å². The van der Waals surface area contributed by atoms with Crippen molar-refractivity contribution in [2.75, 3.05) is 10.6 Å². The molecule has 6 nitrogen and oxygen atoms in total. The Labute approximate surface area is 208 Å². The van der Waals surface area contributed by atoms with Gasteiger partial charge in [0.15, 0.2) is 11.7 Å². The number of hydrogen-bond acceptors (Lipinski definition) is 5. The first kappa shape index (κ1) is 23.7. The molecule has 0 fully saturated rings. The van der Waals surface area contributed by atoms with E-state index in [2.05, 4.69) is 28.7 Å². The first-order chi connectivity index (χ1) is 16.7. The summed E-state index contributed by atoms with van der Waals surface area (Å²) in [7, 11) is 0. The van der Waals surface area contributed by atoms with Gasteiger partial charge in [0.1, 0.15) is 21.9 Å². The third-order valence-electron chi connectivity index (χ3n) is 6.56. The zero-order valence-electron chi connectivity index (χ0n) is 18.6. The monoisotopic (exact) mass is 519 g/mol. The molecular formula is C24H21ClF3N5OS. The lowest BCUT2D eigenvalue weighted by atomic mass is 9.89. The maximum Gasteiger partial charge on any atom is 0.410 e. The third-order valence-corrected chi connectivity index (χ3v) is 8.09. The molecule has 11 heteroatoms. The molecule has 3 heterocycles. The van der Waals surface area contributed by atoms with Crippen LogP contribution in [0.2, 0.25) is 5.02 Å². The van der Waals surface area contributed by atoms with Crippen LogP contribution in [0.4, 0.5) is 24.0 Å². The Balaban J connectivity index is 1.49. The largest absolute Gasteiger partial charge is 0.410 e. The molecule has 182 valence electrons. The number of carbonyl (C=O) groups is 1. The van der Waals surface area contributed by atoms with Crippen LogP contribution in [-0.2, 0) is 12.8 Å². The molecule has 0 radical (unpaired) electrons. The topological polar surface area (TPSA) is 82.7 Å². The summed E-state index contributed by atoms with van der Waals surface area (Å²) in [5.41, 5.74) is 1.69. The van der Waals surface area contributed by atoms with Crippen molar-refractivity contribution in [1.29, 1.82) is 5.26 Å². The molecule has 0 spiro atoms. The molecule has 3 atom stereocenters. The van der Waals surface area contributed by atoms with Crippen LogP contribution in [0, 0.1) is 17.2 Å². The molecule has 2 aliphatic rings. The lowest BCUT2D eigenvalue weighted by molar-refractivity contribution is -0.173. The summed E-state index contributed by atoms with van der Waals surface area (Å²) in [5, 5.41) is 19.6. The zero-order chi connectivity index (χ0) is 24.9. The quantitative estimate of drug-likeness (QED) is 0.413. The Morgan fingerprint density at radius 1 is 1.34 bits per heavy atom. The average Bonchev–Trinajstić information content (AvgIpc) is 3.34. The molecule has 1 aliphatic heterocycles. The average molecular weight is 520 g/mol. The molecule has 3 aromatic rings. The first-order valence-electron chi connectivity index (χ1n) is 11.2.